The van der Waals surface area contributed by atoms with Gasteiger partial charge in [-0.25, -0.2) is 18.4 Å². The zero-order chi connectivity index (χ0) is 25.2. The van der Waals surface area contributed by atoms with Crippen LogP contribution in [0.3, 0.4) is 0 Å². The van der Waals surface area contributed by atoms with Crippen molar-refractivity contribution < 1.29 is 28.2 Å². The highest BCUT2D eigenvalue weighted by atomic mass is 19.1. The quantitative estimate of drug-likeness (QED) is 0.697. The van der Waals surface area contributed by atoms with Crippen molar-refractivity contribution in [2.24, 2.45) is 5.92 Å². The van der Waals surface area contributed by atoms with Gasteiger partial charge in [-0.05, 0) is 58.4 Å². The standard InChI is InChI=1S/C25H29F2N3O5/c1-25(2,3)35-24(34)29-8-4-5-13-11-28(12-18(13)29)22-16(26)9-15-19(31)10-17(23(32)33)30(14-6-7-14)21(15)20(22)27/h9-10,13-14,18H,4-8,11-12H2,1-3H3,(H,32,33)/t13-,18+/m0/s1. The van der Waals surface area contributed by atoms with Gasteiger partial charge < -0.3 is 24.2 Å². The summed E-state index contributed by atoms with van der Waals surface area (Å²) in [5, 5.41) is 9.47. The van der Waals surface area contributed by atoms with Crippen molar-refractivity contribution in [3.8, 4) is 0 Å². The van der Waals surface area contributed by atoms with Crippen LogP contribution in [0, 0.1) is 17.6 Å². The number of likely N-dealkylation sites (tertiary alicyclic amines) is 1. The van der Waals surface area contributed by atoms with Gasteiger partial charge in [0, 0.05) is 31.7 Å². The lowest BCUT2D eigenvalue weighted by Gasteiger charge is -2.37. The summed E-state index contributed by atoms with van der Waals surface area (Å²) >= 11 is 0. The number of aromatic carboxylic acids is 1. The predicted octanol–water partition coefficient (Wildman–Crippen LogP) is 4.15. The van der Waals surface area contributed by atoms with Crippen LogP contribution < -0.4 is 10.3 Å². The molecule has 3 fully saturated rings. The van der Waals surface area contributed by atoms with Crippen molar-refractivity contribution in [3.63, 3.8) is 0 Å². The minimum absolute atomic E-state index is 0.0155. The number of hydrogen-bond donors (Lipinski definition) is 1. The molecule has 2 aliphatic heterocycles. The molecule has 2 saturated heterocycles. The summed E-state index contributed by atoms with van der Waals surface area (Å²) in [7, 11) is 0. The Morgan fingerprint density at radius 1 is 1.11 bits per heavy atom. The molecular formula is C25H29F2N3O5. The summed E-state index contributed by atoms with van der Waals surface area (Å²) in [6, 6.07) is 1.43. The number of piperidine rings is 1. The van der Waals surface area contributed by atoms with E-state index >= 15 is 8.78 Å². The van der Waals surface area contributed by atoms with Gasteiger partial charge in [0.05, 0.1) is 16.9 Å². The molecule has 188 valence electrons. The first-order valence-electron chi connectivity index (χ1n) is 12.0. The van der Waals surface area contributed by atoms with E-state index in [-0.39, 0.29) is 46.8 Å². The fraction of sp³-hybridized carbons (Fsp3) is 0.560. The lowest BCUT2D eigenvalue weighted by atomic mass is 9.92. The van der Waals surface area contributed by atoms with Gasteiger partial charge >= 0.3 is 12.1 Å². The number of fused-ring (bicyclic) bond motifs is 2. The highest BCUT2D eigenvalue weighted by Crippen LogP contribution is 2.42. The van der Waals surface area contributed by atoms with Crippen LogP contribution >= 0.6 is 0 Å². The van der Waals surface area contributed by atoms with Crippen molar-refractivity contribution in [1.29, 1.82) is 0 Å². The number of aromatic nitrogens is 1. The van der Waals surface area contributed by atoms with Crippen LogP contribution in [0.1, 0.15) is 63.0 Å². The van der Waals surface area contributed by atoms with Gasteiger partial charge in [-0.15, -0.1) is 0 Å². The Morgan fingerprint density at radius 3 is 2.46 bits per heavy atom. The molecule has 1 saturated carbocycles. The minimum Gasteiger partial charge on any atom is -0.477 e. The molecule has 35 heavy (non-hydrogen) atoms. The highest BCUT2D eigenvalue weighted by Gasteiger charge is 2.44. The van der Waals surface area contributed by atoms with Crippen LogP contribution in [0.25, 0.3) is 10.9 Å². The van der Waals surface area contributed by atoms with Crippen molar-refractivity contribution in [1.82, 2.24) is 9.47 Å². The van der Waals surface area contributed by atoms with Crippen molar-refractivity contribution in [2.45, 2.75) is 64.1 Å². The second-order valence-corrected chi connectivity index (χ2v) is 10.8. The summed E-state index contributed by atoms with van der Waals surface area (Å²) < 4.78 is 38.3. The molecule has 2 aromatic rings. The third-order valence-electron chi connectivity index (χ3n) is 7.06. The topological polar surface area (TPSA) is 92.1 Å². The molecule has 0 spiro atoms. The number of halogens is 2. The van der Waals surface area contributed by atoms with Gasteiger partial charge in [0.1, 0.15) is 22.8 Å². The number of ether oxygens (including phenoxy) is 1. The summed E-state index contributed by atoms with van der Waals surface area (Å²) in [5.41, 5.74) is -2.15. The molecule has 1 aromatic heterocycles. The normalized spacial score (nSPS) is 22.4. The van der Waals surface area contributed by atoms with E-state index in [0.29, 0.717) is 25.9 Å². The molecule has 0 radical (unpaired) electrons. The fourth-order valence-electron chi connectivity index (χ4n) is 5.49. The maximum Gasteiger partial charge on any atom is 0.410 e. The number of benzene rings is 1. The third-order valence-corrected chi connectivity index (χ3v) is 7.06. The Morgan fingerprint density at radius 2 is 1.83 bits per heavy atom. The van der Waals surface area contributed by atoms with Gasteiger partial charge in [0.15, 0.2) is 11.2 Å². The largest absolute Gasteiger partial charge is 0.477 e. The maximum absolute atomic E-state index is 16.1. The summed E-state index contributed by atoms with van der Waals surface area (Å²) in [4.78, 5) is 40.5. The average molecular weight is 490 g/mol. The Hall–Kier alpha value is -3.17. The van der Waals surface area contributed by atoms with Crippen LogP contribution in [-0.2, 0) is 4.74 Å². The molecule has 10 heteroatoms. The number of anilines is 1. The number of amides is 1. The Balaban J connectivity index is 1.57. The Labute approximate surface area is 201 Å². The second kappa shape index (κ2) is 8.20. The summed E-state index contributed by atoms with van der Waals surface area (Å²) in [6.45, 7) is 6.44. The molecule has 0 bridgehead atoms. The zero-order valence-corrected chi connectivity index (χ0v) is 20.0. The zero-order valence-electron chi connectivity index (χ0n) is 20.0. The summed E-state index contributed by atoms with van der Waals surface area (Å²) in [6.07, 6.45) is 2.45. The van der Waals surface area contributed by atoms with E-state index in [9.17, 15) is 19.5 Å². The van der Waals surface area contributed by atoms with Crippen LogP contribution in [0.2, 0.25) is 0 Å². The molecule has 5 rings (SSSR count). The molecule has 3 aliphatic rings. The number of carboxylic acids is 1. The van der Waals surface area contributed by atoms with E-state index in [4.69, 9.17) is 4.74 Å². The fourth-order valence-corrected chi connectivity index (χ4v) is 5.49. The molecule has 1 amide bonds. The van der Waals surface area contributed by atoms with Crippen molar-refractivity contribution in [2.75, 3.05) is 24.5 Å². The predicted molar refractivity (Wildman–Crippen MR) is 125 cm³/mol. The van der Waals surface area contributed by atoms with E-state index in [1.54, 1.807) is 30.6 Å². The first kappa shape index (κ1) is 23.6. The van der Waals surface area contributed by atoms with E-state index in [2.05, 4.69) is 0 Å². The maximum atomic E-state index is 16.1. The minimum atomic E-state index is -1.33. The van der Waals surface area contributed by atoms with Gasteiger partial charge in [-0.1, -0.05) is 0 Å². The second-order valence-electron chi connectivity index (χ2n) is 10.8. The smallest absolute Gasteiger partial charge is 0.410 e. The molecule has 1 N–H and O–H groups in total. The Bertz CT molecular complexity index is 1280. The first-order chi connectivity index (χ1) is 16.5. The molecule has 2 atom stereocenters. The van der Waals surface area contributed by atoms with E-state index < -0.39 is 34.7 Å². The molecule has 1 aliphatic carbocycles. The number of carboxylic acid groups (broad SMARTS) is 1. The van der Waals surface area contributed by atoms with E-state index in [1.165, 1.54) is 4.57 Å². The third kappa shape index (κ3) is 4.12. The SMILES string of the molecule is CC(C)(C)OC(=O)N1CCC[C@H]2CN(c3c(F)cc4c(=O)cc(C(=O)O)n(C5CC5)c4c3F)C[C@H]21. The monoisotopic (exact) mass is 489 g/mol. The molecular weight excluding hydrogens is 460 g/mol. The molecule has 8 nitrogen and oxygen atoms in total. The van der Waals surface area contributed by atoms with Crippen LogP contribution in [0.4, 0.5) is 19.3 Å². The number of hydrogen-bond acceptors (Lipinski definition) is 5. The average Bonchev–Trinajstić information content (AvgIpc) is 3.50. The van der Waals surface area contributed by atoms with Crippen molar-refractivity contribution >= 4 is 28.7 Å². The van der Waals surface area contributed by atoms with Crippen LogP contribution in [0.5, 0.6) is 0 Å². The lowest BCUT2D eigenvalue weighted by molar-refractivity contribution is 0.00668. The summed E-state index contributed by atoms with van der Waals surface area (Å²) in [5.74, 6) is -3.13. The first-order valence-corrected chi connectivity index (χ1v) is 12.0. The number of nitrogens with zero attached hydrogens (tertiary/aromatic N) is 3. The Kier molecular flexibility index (Phi) is 5.52. The van der Waals surface area contributed by atoms with E-state index in [1.807, 2.05) is 0 Å². The molecule has 3 heterocycles. The number of rotatable bonds is 3. The van der Waals surface area contributed by atoms with Crippen LogP contribution in [0.15, 0.2) is 16.9 Å². The lowest BCUT2D eigenvalue weighted by Crippen LogP contribution is -2.50. The van der Waals surface area contributed by atoms with Gasteiger partial charge in [-0.3, -0.25) is 4.79 Å². The van der Waals surface area contributed by atoms with Crippen LogP contribution in [-0.4, -0.2) is 57.9 Å². The number of carbonyl (C=O) groups excluding carboxylic acids is 1. The van der Waals surface area contributed by atoms with Gasteiger partial charge in [0.2, 0.25) is 0 Å². The van der Waals surface area contributed by atoms with Gasteiger partial charge in [-0.2, -0.15) is 0 Å². The molecule has 0 unspecified atom stereocenters. The van der Waals surface area contributed by atoms with Crippen molar-refractivity contribution in [3.05, 3.63) is 39.7 Å². The number of carbonyl (C=O) groups is 2. The van der Waals surface area contributed by atoms with E-state index in [0.717, 1.165) is 25.0 Å². The highest BCUT2D eigenvalue weighted by molar-refractivity contribution is 5.92. The number of pyridine rings is 1. The van der Waals surface area contributed by atoms with Gasteiger partial charge in [0.25, 0.3) is 0 Å². The molecule has 1 aromatic carbocycles.